The Kier molecular flexibility index (Phi) is 4.08. The highest BCUT2D eigenvalue weighted by atomic mass is 16.6. The van der Waals surface area contributed by atoms with Crippen molar-refractivity contribution in [2.24, 2.45) is 11.8 Å². The summed E-state index contributed by atoms with van der Waals surface area (Å²) in [7, 11) is 1.29. The highest BCUT2D eigenvalue weighted by Gasteiger charge is 2.45. The maximum Gasteiger partial charge on any atom is 0.354 e. The second-order valence-electron chi connectivity index (χ2n) is 7.76. The summed E-state index contributed by atoms with van der Waals surface area (Å²) in [5, 5.41) is 22.0. The summed E-state index contributed by atoms with van der Waals surface area (Å²) in [4.78, 5) is 28.6. The van der Waals surface area contributed by atoms with Crippen LogP contribution in [-0.2, 0) is 20.7 Å². The number of aromatic carboxylic acids is 1. The number of para-hydroxylation sites is 1. The van der Waals surface area contributed by atoms with Crippen molar-refractivity contribution >= 4 is 33.7 Å². The number of hydrogen-bond donors (Lipinski definition) is 2. The van der Waals surface area contributed by atoms with E-state index in [0.29, 0.717) is 11.3 Å². The molecule has 0 unspecified atom stereocenters. The molecule has 2 N–H and O–H groups in total. The molecule has 0 bridgehead atoms. The van der Waals surface area contributed by atoms with Crippen molar-refractivity contribution in [2.45, 2.75) is 25.7 Å². The molecule has 0 saturated carbocycles. The van der Waals surface area contributed by atoms with E-state index in [1.807, 2.05) is 31.2 Å². The zero-order valence-corrected chi connectivity index (χ0v) is 16.4. The summed E-state index contributed by atoms with van der Waals surface area (Å²) in [6, 6.07) is 9.07. The number of aliphatic hydroxyl groups is 1. The van der Waals surface area contributed by atoms with Crippen LogP contribution in [0, 0.1) is 11.8 Å². The molecule has 0 spiro atoms. The average Bonchev–Trinajstić information content (AvgIpc) is 3.00. The van der Waals surface area contributed by atoms with Gasteiger partial charge in [0.25, 0.3) is 0 Å². The summed E-state index contributed by atoms with van der Waals surface area (Å²) in [5.74, 6) is -2.54. The Balaban J connectivity index is 1.85. The molecular formula is C22H20N2O6. The van der Waals surface area contributed by atoms with E-state index in [4.69, 9.17) is 9.47 Å². The van der Waals surface area contributed by atoms with Gasteiger partial charge in [-0.1, -0.05) is 18.2 Å². The molecule has 0 amide bonds. The predicted octanol–water partition coefficient (Wildman–Crippen LogP) is 2.64. The van der Waals surface area contributed by atoms with Gasteiger partial charge in [-0.3, -0.25) is 0 Å². The molecule has 154 valence electrons. The van der Waals surface area contributed by atoms with Crippen molar-refractivity contribution in [1.29, 1.82) is 0 Å². The van der Waals surface area contributed by atoms with Crippen molar-refractivity contribution in [3.63, 3.8) is 0 Å². The van der Waals surface area contributed by atoms with Crippen molar-refractivity contribution in [1.82, 2.24) is 9.55 Å². The average molecular weight is 408 g/mol. The number of fused-ring (bicyclic) bond motifs is 4. The number of methoxy groups -OCH3 is 1. The van der Waals surface area contributed by atoms with E-state index < -0.39 is 30.1 Å². The van der Waals surface area contributed by atoms with Crippen LogP contribution in [-0.4, -0.2) is 45.1 Å². The maximum absolute atomic E-state index is 12.4. The fraction of sp³-hybridized carbons (Fsp3) is 0.318. The Morgan fingerprint density at radius 1 is 1.27 bits per heavy atom. The van der Waals surface area contributed by atoms with Crippen LogP contribution in [0.2, 0.25) is 0 Å². The van der Waals surface area contributed by atoms with E-state index in [0.717, 1.165) is 21.8 Å². The summed E-state index contributed by atoms with van der Waals surface area (Å²) in [6.45, 7) is 1.97. The number of nitrogens with zero attached hydrogens (tertiary/aromatic N) is 2. The number of benzene rings is 1. The van der Waals surface area contributed by atoms with Gasteiger partial charge in [-0.25, -0.2) is 14.6 Å². The van der Waals surface area contributed by atoms with Gasteiger partial charge in [0.1, 0.15) is 5.69 Å². The molecular weight excluding hydrogens is 388 g/mol. The van der Waals surface area contributed by atoms with Crippen LogP contribution in [0.25, 0.3) is 21.8 Å². The van der Waals surface area contributed by atoms with Crippen molar-refractivity contribution in [3.05, 3.63) is 53.6 Å². The largest absolute Gasteiger partial charge is 0.477 e. The monoisotopic (exact) mass is 408 g/mol. The Labute approximate surface area is 171 Å². The number of rotatable bonds is 2. The SMILES string of the molecule is COC(=O)C1=CO[C@H](O)[C@H]2[C@H]1Cc1nc(C(=O)O)cc3c4ccccc4n(c13)[C@H]2C. The molecule has 0 fully saturated rings. The minimum absolute atomic E-state index is 0.0530. The maximum atomic E-state index is 12.4. The summed E-state index contributed by atoms with van der Waals surface area (Å²) in [5.41, 5.74) is 2.56. The van der Waals surface area contributed by atoms with Crippen LogP contribution < -0.4 is 0 Å². The van der Waals surface area contributed by atoms with Crippen LogP contribution in [0.5, 0.6) is 0 Å². The molecule has 2 aromatic heterocycles. The minimum Gasteiger partial charge on any atom is -0.477 e. The fourth-order valence-electron chi connectivity index (χ4n) is 5.02. The third kappa shape index (κ3) is 2.46. The van der Waals surface area contributed by atoms with Crippen LogP contribution in [0.3, 0.4) is 0 Å². The summed E-state index contributed by atoms with van der Waals surface area (Å²) < 4.78 is 12.4. The molecule has 30 heavy (non-hydrogen) atoms. The van der Waals surface area contributed by atoms with Crippen molar-refractivity contribution < 1.29 is 29.3 Å². The lowest BCUT2D eigenvalue weighted by Gasteiger charge is -2.37. The molecule has 8 nitrogen and oxygen atoms in total. The molecule has 0 aliphatic carbocycles. The molecule has 0 saturated heterocycles. The first-order valence-corrected chi connectivity index (χ1v) is 9.70. The van der Waals surface area contributed by atoms with Crippen molar-refractivity contribution in [2.75, 3.05) is 7.11 Å². The number of carbonyl (C=O) groups is 2. The second kappa shape index (κ2) is 6.56. The summed E-state index contributed by atoms with van der Waals surface area (Å²) in [6.07, 6.45) is 0.411. The van der Waals surface area contributed by atoms with E-state index in [9.17, 15) is 19.8 Å². The number of esters is 1. The fourth-order valence-corrected chi connectivity index (χ4v) is 5.02. The molecule has 2 aliphatic heterocycles. The number of aliphatic hydroxyl groups excluding tert-OH is 1. The molecule has 4 atom stereocenters. The number of carboxylic acids is 1. The van der Waals surface area contributed by atoms with Crippen LogP contribution in [0.4, 0.5) is 0 Å². The van der Waals surface area contributed by atoms with Gasteiger partial charge in [0, 0.05) is 34.2 Å². The van der Waals surface area contributed by atoms with E-state index >= 15 is 0 Å². The Morgan fingerprint density at radius 2 is 2.03 bits per heavy atom. The van der Waals surface area contributed by atoms with Gasteiger partial charge >= 0.3 is 11.9 Å². The summed E-state index contributed by atoms with van der Waals surface area (Å²) >= 11 is 0. The van der Waals surface area contributed by atoms with Gasteiger partial charge < -0.3 is 24.3 Å². The normalized spacial score (nSPS) is 25.2. The smallest absolute Gasteiger partial charge is 0.354 e. The highest BCUT2D eigenvalue weighted by Crippen LogP contribution is 2.46. The number of carbonyl (C=O) groups excluding carboxylic acids is 1. The first kappa shape index (κ1) is 18.6. The van der Waals surface area contributed by atoms with Crippen molar-refractivity contribution in [3.8, 4) is 0 Å². The lowest BCUT2D eigenvalue weighted by Crippen LogP contribution is -2.40. The van der Waals surface area contributed by atoms with Gasteiger partial charge in [-0.15, -0.1) is 0 Å². The minimum atomic E-state index is -1.12. The first-order valence-electron chi connectivity index (χ1n) is 9.70. The van der Waals surface area contributed by atoms with Crippen LogP contribution >= 0.6 is 0 Å². The lowest BCUT2D eigenvalue weighted by atomic mass is 9.77. The van der Waals surface area contributed by atoms with Gasteiger partial charge in [-0.05, 0) is 25.5 Å². The van der Waals surface area contributed by atoms with E-state index in [2.05, 4.69) is 9.55 Å². The molecule has 8 heteroatoms. The van der Waals surface area contributed by atoms with E-state index in [1.54, 1.807) is 6.07 Å². The molecule has 4 heterocycles. The number of pyridine rings is 1. The van der Waals surface area contributed by atoms with E-state index in [-0.39, 0.29) is 18.2 Å². The molecule has 3 aromatic rings. The Morgan fingerprint density at radius 3 is 2.77 bits per heavy atom. The standard InChI is InChI=1S/C22H20N2O6/c1-10-18-12(14(21(27)29-2)9-30-22(18)28)7-15-19-13(8-16(23-15)20(25)26)11-5-3-4-6-17(11)24(10)19/h3-6,8-10,12,18,22,28H,7H2,1-2H3,(H,25,26)/t10-,12-,18+,22-/m0/s1. The first-order chi connectivity index (χ1) is 14.4. The quantitative estimate of drug-likeness (QED) is 0.627. The zero-order chi connectivity index (χ0) is 21.2. The second-order valence-corrected chi connectivity index (χ2v) is 7.76. The number of aromatic nitrogens is 2. The zero-order valence-electron chi connectivity index (χ0n) is 16.4. The van der Waals surface area contributed by atoms with Gasteiger partial charge in [0.15, 0.2) is 0 Å². The molecule has 1 aromatic carbocycles. The highest BCUT2D eigenvalue weighted by molar-refractivity contribution is 6.10. The molecule has 2 aliphatic rings. The van der Waals surface area contributed by atoms with E-state index in [1.165, 1.54) is 13.4 Å². The third-order valence-electron chi connectivity index (χ3n) is 6.31. The van der Waals surface area contributed by atoms with Gasteiger partial charge in [0.2, 0.25) is 6.29 Å². The number of ether oxygens (including phenoxy) is 2. The topological polar surface area (TPSA) is 111 Å². The van der Waals surface area contributed by atoms with Crippen LogP contribution in [0.1, 0.15) is 29.1 Å². The van der Waals surface area contributed by atoms with Crippen LogP contribution in [0.15, 0.2) is 42.2 Å². The number of hydrogen-bond acceptors (Lipinski definition) is 6. The predicted molar refractivity (Wildman–Crippen MR) is 107 cm³/mol. The number of carboxylic acid groups (broad SMARTS) is 1. The van der Waals surface area contributed by atoms with Gasteiger partial charge in [0.05, 0.1) is 30.2 Å². The molecule has 5 rings (SSSR count). The Hall–Kier alpha value is -3.39. The van der Waals surface area contributed by atoms with Gasteiger partial charge in [-0.2, -0.15) is 0 Å². The molecule has 0 radical (unpaired) electrons. The third-order valence-corrected chi connectivity index (χ3v) is 6.31. The Bertz CT molecular complexity index is 1240. The lowest BCUT2D eigenvalue weighted by molar-refractivity contribution is -0.147.